The maximum Gasteiger partial charge on any atom is 0.293 e. The highest BCUT2D eigenvalue weighted by molar-refractivity contribution is 5.76. The quantitative estimate of drug-likeness (QED) is 0.845. The Labute approximate surface area is 166 Å². The van der Waals surface area contributed by atoms with Crippen molar-refractivity contribution in [3.05, 3.63) is 34.6 Å². The Bertz CT molecular complexity index is 885. The molecule has 3 atom stereocenters. The van der Waals surface area contributed by atoms with Crippen molar-refractivity contribution < 1.29 is 0 Å². The molecule has 28 heavy (non-hydrogen) atoms. The number of hydrogen-bond acceptors (Lipinski definition) is 4. The van der Waals surface area contributed by atoms with E-state index in [2.05, 4.69) is 9.88 Å². The third-order valence-corrected chi connectivity index (χ3v) is 7.45. The van der Waals surface area contributed by atoms with E-state index < -0.39 is 0 Å². The van der Waals surface area contributed by atoms with Crippen LogP contribution in [0.2, 0.25) is 0 Å². The van der Waals surface area contributed by atoms with E-state index in [1.54, 1.807) is 0 Å². The summed E-state index contributed by atoms with van der Waals surface area (Å²) in [5.41, 5.74) is 7.65. The fourth-order valence-electron chi connectivity index (χ4n) is 6.26. The third-order valence-electron chi connectivity index (χ3n) is 7.45. The molecule has 1 aromatic carbocycles. The van der Waals surface area contributed by atoms with Crippen molar-refractivity contribution in [3.8, 4) is 0 Å². The van der Waals surface area contributed by atoms with E-state index in [-0.39, 0.29) is 17.4 Å². The molecule has 0 amide bonds. The zero-order valence-electron chi connectivity index (χ0n) is 16.7. The van der Waals surface area contributed by atoms with Crippen LogP contribution in [0, 0.1) is 0 Å². The predicted molar refractivity (Wildman–Crippen MR) is 113 cm³/mol. The van der Waals surface area contributed by atoms with Gasteiger partial charge in [-0.2, -0.15) is 0 Å². The number of para-hydroxylation sites is 2. The van der Waals surface area contributed by atoms with Crippen molar-refractivity contribution in [2.75, 3.05) is 5.73 Å². The van der Waals surface area contributed by atoms with Gasteiger partial charge < -0.3 is 10.3 Å². The molecule has 3 fully saturated rings. The third kappa shape index (κ3) is 3.14. The molecule has 1 aliphatic carbocycles. The maximum atomic E-state index is 12.9. The number of nitrogen functional groups attached to an aromatic ring is 1. The minimum Gasteiger partial charge on any atom is -0.379 e. The molecule has 2 saturated heterocycles. The molecule has 1 aromatic heterocycles. The summed E-state index contributed by atoms with van der Waals surface area (Å²) in [6.45, 7) is 0. The standard InChI is InChI=1S/C23H32N4O/c24-22-23(28)27(21-11-7-6-10-20(21)25-22)19-14-17-12-13-18(15-19)26(17)16-8-4-2-1-3-5-9-16/h6-7,10-11,16-19H,1-5,8-9,12-15H2,(H2,24,25)/t17-,18+,19?. The first-order valence-corrected chi connectivity index (χ1v) is 11.3. The van der Waals surface area contributed by atoms with Crippen LogP contribution >= 0.6 is 0 Å². The number of piperidine rings is 1. The second-order valence-electron chi connectivity index (χ2n) is 9.12. The van der Waals surface area contributed by atoms with Gasteiger partial charge in [-0.05, 0) is 50.7 Å². The van der Waals surface area contributed by atoms with Crippen LogP contribution in [-0.4, -0.2) is 32.6 Å². The molecule has 3 aliphatic rings. The monoisotopic (exact) mass is 380 g/mol. The fraction of sp³-hybridized carbons (Fsp3) is 0.652. The summed E-state index contributed by atoms with van der Waals surface area (Å²) in [5.74, 6) is 0.133. The second-order valence-corrected chi connectivity index (χ2v) is 9.12. The summed E-state index contributed by atoms with van der Waals surface area (Å²) in [5, 5.41) is 0. The zero-order valence-corrected chi connectivity index (χ0v) is 16.7. The number of rotatable bonds is 2. The van der Waals surface area contributed by atoms with Gasteiger partial charge in [0.15, 0.2) is 5.82 Å². The van der Waals surface area contributed by atoms with E-state index in [1.807, 2.05) is 28.8 Å². The first kappa shape index (κ1) is 18.2. The molecule has 2 aromatic rings. The van der Waals surface area contributed by atoms with Crippen molar-refractivity contribution in [3.63, 3.8) is 0 Å². The molecule has 0 radical (unpaired) electrons. The van der Waals surface area contributed by atoms with E-state index in [9.17, 15) is 4.79 Å². The van der Waals surface area contributed by atoms with Crippen LogP contribution in [0.3, 0.4) is 0 Å². The van der Waals surface area contributed by atoms with Gasteiger partial charge in [-0.1, -0.05) is 44.2 Å². The summed E-state index contributed by atoms with van der Waals surface area (Å²) < 4.78 is 1.97. The lowest BCUT2D eigenvalue weighted by molar-refractivity contribution is 0.0498. The van der Waals surface area contributed by atoms with Crippen LogP contribution in [0.4, 0.5) is 5.82 Å². The SMILES string of the molecule is Nc1nc2ccccc2n(C2C[C@H]3CC[C@@H](C2)N3C2CCCCCCC2)c1=O. The molecule has 2 aliphatic heterocycles. The number of nitrogens with two attached hydrogens (primary N) is 1. The summed E-state index contributed by atoms with van der Waals surface area (Å²) in [6.07, 6.45) is 14.4. The fourth-order valence-corrected chi connectivity index (χ4v) is 6.26. The average Bonchev–Trinajstić information content (AvgIpc) is 2.92. The van der Waals surface area contributed by atoms with Gasteiger partial charge in [-0.3, -0.25) is 9.69 Å². The summed E-state index contributed by atoms with van der Waals surface area (Å²) in [7, 11) is 0. The van der Waals surface area contributed by atoms with Gasteiger partial charge in [0, 0.05) is 24.2 Å². The summed E-state index contributed by atoms with van der Waals surface area (Å²) in [6, 6.07) is 10.2. The normalized spacial score (nSPS) is 29.6. The minimum absolute atomic E-state index is 0.109. The highest BCUT2D eigenvalue weighted by Crippen LogP contribution is 2.44. The number of benzene rings is 1. The van der Waals surface area contributed by atoms with Crippen LogP contribution in [0.1, 0.15) is 76.7 Å². The van der Waals surface area contributed by atoms with Crippen molar-refractivity contribution in [2.24, 2.45) is 0 Å². The van der Waals surface area contributed by atoms with E-state index in [1.165, 1.54) is 57.8 Å². The van der Waals surface area contributed by atoms with Gasteiger partial charge >= 0.3 is 0 Å². The van der Waals surface area contributed by atoms with Gasteiger partial charge in [0.05, 0.1) is 11.0 Å². The first-order valence-electron chi connectivity index (χ1n) is 11.3. The Morgan fingerprint density at radius 3 is 2.18 bits per heavy atom. The molecule has 1 unspecified atom stereocenters. The van der Waals surface area contributed by atoms with Gasteiger partial charge in [0.25, 0.3) is 5.56 Å². The van der Waals surface area contributed by atoms with Crippen LogP contribution in [-0.2, 0) is 0 Å². The van der Waals surface area contributed by atoms with Gasteiger partial charge in [-0.25, -0.2) is 4.98 Å². The first-order chi connectivity index (χ1) is 13.7. The highest BCUT2D eigenvalue weighted by atomic mass is 16.1. The van der Waals surface area contributed by atoms with Crippen LogP contribution in [0.5, 0.6) is 0 Å². The van der Waals surface area contributed by atoms with E-state index in [0.717, 1.165) is 29.9 Å². The predicted octanol–water partition coefficient (Wildman–Crippen LogP) is 4.26. The van der Waals surface area contributed by atoms with Crippen LogP contribution in [0.15, 0.2) is 29.1 Å². The molecule has 2 bridgehead atoms. The van der Waals surface area contributed by atoms with Gasteiger partial charge in [-0.15, -0.1) is 0 Å². The molecule has 150 valence electrons. The smallest absolute Gasteiger partial charge is 0.293 e. The second kappa shape index (κ2) is 7.51. The molecule has 2 N–H and O–H groups in total. The number of fused-ring (bicyclic) bond motifs is 3. The topological polar surface area (TPSA) is 64.2 Å². The number of nitrogens with zero attached hydrogens (tertiary/aromatic N) is 3. The van der Waals surface area contributed by atoms with E-state index in [0.29, 0.717) is 12.1 Å². The summed E-state index contributed by atoms with van der Waals surface area (Å²) in [4.78, 5) is 20.1. The molecule has 1 saturated carbocycles. The largest absolute Gasteiger partial charge is 0.379 e. The zero-order chi connectivity index (χ0) is 19.1. The minimum atomic E-state index is -0.109. The molecule has 3 heterocycles. The van der Waals surface area contributed by atoms with Crippen LogP contribution in [0.25, 0.3) is 11.0 Å². The Morgan fingerprint density at radius 2 is 1.46 bits per heavy atom. The molecular weight excluding hydrogens is 348 g/mol. The number of hydrogen-bond donors (Lipinski definition) is 1. The number of anilines is 1. The van der Waals surface area contributed by atoms with E-state index >= 15 is 0 Å². The molecule has 0 spiro atoms. The number of aromatic nitrogens is 2. The molecule has 5 nitrogen and oxygen atoms in total. The van der Waals surface area contributed by atoms with Crippen molar-refractivity contribution in [1.82, 2.24) is 14.5 Å². The highest BCUT2D eigenvalue weighted by Gasteiger charge is 2.44. The van der Waals surface area contributed by atoms with Crippen LogP contribution < -0.4 is 11.3 Å². The Morgan fingerprint density at radius 1 is 0.821 bits per heavy atom. The van der Waals surface area contributed by atoms with Gasteiger partial charge in [0.1, 0.15) is 0 Å². The maximum absolute atomic E-state index is 12.9. The Kier molecular flexibility index (Phi) is 4.87. The van der Waals surface area contributed by atoms with Gasteiger partial charge in [0.2, 0.25) is 0 Å². The lowest BCUT2D eigenvalue weighted by atomic mass is 9.89. The van der Waals surface area contributed by atoms with E-state index in [4.69, 9.17) is 5.73 Å². The molecule has 5 heteroatoms. The Balaban J connectivity index is 1.44. The molecular formula is C23H32N4O. The Hall–Kier alpha value is -1.88. The lowest BCUT2D eigenvalue weighted by Gasteiger charge is -2.45. The lowest BCUT2D eigenvalue weighted by Crippen LogP contribution is -2.50. The summed E-state index contributed by atoms with van der Waals surface area (Å²) >= 11 is 0. The van der Waals surface area contributed by atoms with Crippen molar-refractivity contribution in [1.29, 1.82) is 0 Å². The average molecular weight is 381 g/mol. The van der Waals surface area contributed by atoms with Crippen molar-refractivity contribution in [2.45, 2.75) is 94.8 Å². The molecule has 5 rings (SSSR count). The van der Waals surface area contributed by atoms with Crippen molar-refractivity contribution >= 4 is 16.9 Å².